The maximum Gasteiger partial charge on any atom is 0.337 e. The molecule has 0 saturated carbocycles. The maximum atomic E-state index is 12.5. The van der Waals surface area contributed by atoms with E-state index in [0.717, 1.165) is 12.1 Å². The van der Waals surface area contributed by atoms with Crippen molar-refractivity contribution in [2.45, 2.75) is 26.4 Å². The van der Waals surface area contributed by atoms with Crippen LogP contribution in [0.1, 0.15) is 30.6 Å². The SMILES string of the molecule is COC(=O)c1ccc(N2C=C(N)C(N3CCC(C)(C)C3=O)N2)cc1. The van der Waals surface area contributed by atoms with E-state index in [9.17, 15) is 9.59 Å². The molecule has 1 saturated heterocycles. The van der Waals surface area contributed by atoms with Gasteiger partial charge < -0.3 is 15.4 Å². The number of hydrogen-bond donors (Lipinski definition) is 2. The highest BCUT2D eigenvalue weighted by molar-refractivity contribution is 5.89. The Hall–Kier alpha value is -2.54. The van der Waals surface area contributed by atoms with E-state index in [0.29, 0.717) is 17.8 Å². The highest BCUT2D eigenvalue weighted by Crippen LogP contribution is 2.33. The van der Waals surface area contributed by atoms with Crippen molar-refractivity contribution >= 4 is 17.6 Å². The summed E-state index contributed by atoms with van der Waals surface area (Å²) in [5.41, 5.74) is 10.9. The molecule has 1 aromatic rings. The third kappa shape index (κ3) is 2.71. The Morgan fingerprint density at radius 2 is 2.00 bits per heavy atom. The molecule has 1 fully saturated rings. The second-order valence-electron chi connectivity index (χ2n) is 6.70. The smallest absolute Gasteiger partial charge is 0.337 e. The highest BCUT2D eigenvalue weighted by atomic mass is 16.5. The van der Waals surface area contributed by atoms with Gasteiger partial charge in [0.1, 0.15) is 6.17 Å². The fourth-order valence-corrected chi connectivity index (χ4v) is 2.98. The van der Waals surface area contributed by atoms with E-state index in [1.165, 1.54) is 7.11 Å². The Bertz CT molecular complexity index is 696. The molecular weight excluding hydrogens is 308 g/mol. The van der Waals surface area contributed by atoms with E-state index < -0.39 is 0 Å². The van der Waals surface area contributed by atoms with Gasteiger partial charge in [-0.05, 0) is 30.7 Å². The third-order valence-corrected chi connectivity index (χ3v) is 4.55. The average molecular weight is 330 g/mol. The van der Waals surface area contributed by atoms with Crippen molar-refractivity contribution in [1.29, 1.82) is 0 Å². The van der Waals surface area contributed by atoms with E-state index in [-0.39, 0.29) is 23.5 Å². The van der Waals surface area contributed by atoms with E-state index >= 15 is 0 Å². The Morgan fingerprint density at radius 1 is 1.33 bits per heavy atom. The van der Waals surface area contributed by atoms with Gasteiger partial charge in [-0.2, -0.15) is 0 Å². The van der Waals surface area contributed by atoms with Gasteiger partial charge >= 0.3 is 5.97 Å². The Balaban J connectivity index is 1.75. The highest BCUT2D eigenvalue weighted by Gasteiger charge is 2.43. The molecule has 7 nitrogen and oxygen atoms in total. The van der Waals surface area contributed by atoms with Crippen LogP contribution in [0.5, 0.6) is 0 Å². The van der Waals surface area contributed by atoms with Gasteiger partial charge in [-0.15, -0.1) is 0 Å². The van der Waals surface area contributed by atoms with Gasteiger partial charge in [0, 0.05) is 18.2 Å². The van der Waals surface area contributed by atoms with Crippen molar-refractivity contribution in [3.63, 3.8) is 0 Å². The number of hydrogen-bond acceptors (Lipinski definition) is 6. The number of anilines is 1. The number of likely N-dealkylation sites (tertiary alicyclic amines) is 1. The largest absolute Gasteiger partial charge is 0.465 e. The first-order valence-electron chi connectivity index (χ1n) is 7.85. The number of carbonyl (C=O) groups excluding carboxylic acids is 2. The predicted octanol–water partition coefficient (Wildman–Crippen LogP) is 1.18. The van der Waals surface area contributed by atoms with E-state index in [2.05, 4.69) is 5.43 Å². The molecule has 0 aromatic heterocycles. The number of rotatable bonds is 3. The molecule has 0 bridgehead atoms. The summed E-state index contributed by atoms with van der Waals surface area (Å²) in [4.78, 5) is 25.8. The Kier molecular flexibility index (Phi) is 3.96. The van der Waals surface area contributed by atoms with Gasteiger partial charge in [0.05, 0.1) is 24.1 Å². The van der Waals surface area contributed by atoms with Crippen LogP contribution in [-0.2, 0) is 9.53 Å². The molecule has 3 N–H and O–H groups in total. The summed E-state index contributed by atoms with van der Waals surface area (Å²) in [7, 11) is 1.35. The Labute approximate surface area is 141 Å². The number of methoxy groups -OCH3 is 1. The fourth-order valence-electron chi connectivity index (χ4n) is 2.98. The van der Waals surface area contributed by atoms with Gasteiger partial charge in [-0.3, -0.25) is 9.80 Å². The van der Waals surface area contributed by atoms with Gasteiger partial charge in [-0.25, -0.2) is 10.2 Å². The molecule has 24 heavy (non-hydrogen) atoms. The van der Waals surface area contributed by atoms with Crippen molar-refractivity contribution in [3.8, 4) is 0 Å². The first-order valence-corrected chi connectivity index (χ1v) is 7.85. The average Bonchev–Trinajstić information content (AvgIpc) is 3.07. The molecule has 7 heteroatoms. The van der Waals surface area contributed by atoms with Crippen molar-refractivity contribution in [2.24, 2.45) is 11.1 Å². The number of nitrogens with zero attached hydrogens (tertiary/aromatic N) is 2. The van der Waals surface area contributed by atoms with Crippen LogP contribution in [0.2, 0.25) is 0 Å². The molecule has 0 radical (unpaired) electrons. The molecule has 1 amide bonds. The second kappa shape index (κ2) is 5.83. The number of nitrogens with two attached hydrogens (primary N) is 1. The van der Waals surface area contributed by atoms with Crippen molar-refractivity contribution in [2.75, 3.05) is 18.7 Å². The molecule has 2 heterocycles. The zero-order valence-electron chi connectivity index (χ0n) is 14.1. The normalized spacial score (nSPS) is 22.7. The van der Waals surface area contributed by atoms with Crippen LogP contribution in [0.15, 0.2) is 36.2 Å². The number of esters is 1. The van der Waals surface area contributed by atoms with Crippen LogP contribution in [-0.4, -0.2) is 36.6 Å². The Morgan fingerprint density at radius 3 is 2.54 bits per heavy atom. The molecule has 2 aliphatic rings. The molecular formula is C17H22N4O3. The lowest BCUT2D eigenvalue weighted by molar-refractivity contribution is -0.136. The van der Waals surface area contributed by atoms with Crippen molar-refractivity contribution < 1.29 is 14.3 Å². The van der Waals surface area contributed by atoms with E-state index in [1.807, 2.05) is 13.8 Å². The molecule has 1 aromatic carbocycles. The zero-order valence-corrected chi connectivity index (χ0v) is 14.1. The molecule has 2 aliphatic heterocycles. The minimum atomic E-state index is -0.381. The molecule has 1 atom stereocenters. The first kappa shape index (κ1) is 16.3. The monoisotopic (exact) mass is 330 g/mol. The number of nitrogens with one attached hydrogen (secondary N) is 1. The number of ether oxygens (including phenoxy) is 1. The fraction of sp³-hybridized carbons (Fsp3) is 0.412. The minimum Gasteiger partial charge on any atom is -0.465 e. The van der Waals surface area contributed by atoms with Gasteiger partial charge in [0.2, 0.25) is 5.91 Å². The van der Waals surface area contributed by atoms with Crippen LogP contribution in [0.3, 0.4) is 0 Å². The van der Waals surface area contributed by atoms with E-state index in [4.69, 9.17) is 10.5 Å². The molecule has 1 unspecified atom stereocenters. The van der Waals surface area contributed by atoms with E-state index in [1.54, 1.807) is 40.4 Å². The van der Waals surface area contributed by atoms with Gasteiger partial charge in [0.25, 0.3) is 0 Å². The summed E-state index contributed by atoms with van der Waals surface area (Å²) in [6.07, 6.45) is 2.22. The summed E-state index contributed by atoms with van der Waals surface area (Å²) in [6.45, 7) is 4.58. The first-order chi connectivity index (χ1) is 11.3. The van der Waals surface area contributed by atoms with Crippen molar-refractivity contribution in [3.05, 3.63) is 41.7 Å². The van der Waals surface area contributed by atoms with Crippen LogP contribution in [0.25, 0.3) is 0 Å². The summed E-state index contributed by atoms with van der Waals surface area (Å²) < 4.78 is 4.69. The number of amides is 1. The summed E-state index contributed by atoms with van der Waals surface area (Å²) in [5, 5.41) is 1.76. The predicted molar refractivity (Wildman–Crippen MR) is 89.6 cm³/mol. The molecule has 0 spiro atoms. The summed E-state index contributed by atoms with van der Waals surface area (Å²) in [6, 6.07) is 6.96. The molecule has 3 rings (SSSR count). The van der Waals surface area contributed by atoms with Gasteiger partial charge in [0.15, 0.2) is 0 Å². The van der Waals surface area contributed by atoms with Crippen LogP contribution in [0, 0.1) is 5.41 Å². The molecule has 128 valence electrons. The zero-order chi connectivity index (χ0) is 17.5. The summed E-state index contributed by atoms with van der Waals surface area (Å²) in [5.74, 6) is -0.284. The maximum absolute atomic E-state index is 12.5. The summed E-state index contributed by atoms with van der Waals surface area (Å²) >= 11 is 0. The van der Waals surface area contributed by atoms with Crippen LogP contribution < -0.4 is 16.2 Å². The number of carbonyl (C=O) groups is 2. The lowest BCUT2D eigenvalue weighted by Gasteiger charge is -2.28. The minimum absolute atomic E-state index is 0.0965. The van der Waals surface area contributed by atoms with Crippen molar-refractivity contribution in [1.82, 2.24) is 10.3 Å². The number of hydrazine groups is 1. The van der Waals surface area contributed by atoms with Gasteiger partial charge in [-0.1, -0.05) is 13.8 Å². The molecule has 0 aliphatic carbocycles. The lowest BCUT2D eigenvalue weighted by atomic mass is 9.92. The third-order valence-electron chi connectivity index (χ3n) is 4.55. The standard InChI is InChI=1S/C17H22N4O3/c1-17(2)8-9-20(16(17)23)14-13(18)10-21(19-14)12-6-4-11(5-7-12)15(22)24-3/h4-7,10,14,19H,8-9,18H2,1-3H3. The topological polar surface area (TPSA) is 87.9 Å². The lowest BCUT2D eigenvalue weighted by Crippen LogP contribution is -2.51. The van der Waals surface area contributed by atoms with Crippen LogP contribution >= 0.6 is 0 Å². The quantitative estimate of drug-likeness (QED) is 0.809. The van der Waals surface area contributed by atoms with Crippen LogP contribution in [0.4, 0.5) is 5.69 Å². The second-order valence-corrected chi connectivity index (χ2v) is 6.70. The number of benzene rings is 1.